The highest BCUT2D eigenvalue weighted by Crippen LogP contribution is 2.43. The lowest BCUT2D eigenvalue weighted by Crippen LogP contribution is -2.12. The van der Waals surface area contributed by atoms with Crippen LogP contribution < -0.4 is 0 Å². The minimum atomic E-state index is -1.10. The molecule has 7 aromatic carbocycles. The zero-order chi connectivity index (χ0) is 49.9. The first-order valence-corrected chi connectivity index (χ1v) is 19.1. The van der Waals surface area contributed by atoms with Gasteiger partial charge in [-0.25, -0.2) is 0 Å². The maximum Gasteiger partial charge on any atom is 0.202 e. The van der Waals surface area contributed by atoms with Crippen LogP contribution in [0.15, 0.2) is 109 Å². The second-order valence-corrected chi connectivity index (χ2v) is 14.4. The summed E-state index contributed by atoms with van der Waals surface area (Å²) in [7, 11) is 0. The summed E-state index contributed by atoms with van der Waals surface area (Å²) < 4.78 is 0. The Morgan fingerprint density at radius 2 is 0.603 bits per heavy atom. The molecular weight excluding hydrogens is 889 g/mol. The molecule has 0 heterocycles. The van der Waals surface area contributed by atoms with Gasteiger partial charge in [-0.3, -0.25) is 24.0 Å². The van der Waals surface area contributed by atoms with Crippen molar-refractivity contribution in [2.75, 3.05) is 0 Å². The molecule has 0 aromatic heterocycles. The summed E-state index contributed by atoms with van der Waals surface area (Å²) in [6, 6.07) is 23.1. The van der Waals surface area contributed by atoms with Gasteiger partial charge in [-0.2, -0.15) is 10.5 Å². The van der Waals surface area contributed by atoms with Crippen LogP contribution in [0.5, 0.6) is 69.0 Å². The minimum Gasteiger partial charge on any atom is -0.508 e. The van der Waals surface area contributed by atoms with Crippen molar-refractivity contribution in [1.82, 2.24) is 0 Å². The lowest BCUT2D eigenvalue weighted by Gasteiger charge is -2.13. The van der Waals surface area contributed by atoms with E-state index in [0.29, 0.717) is 0 Å². The Bertz CT molecular complexity index is 3100. The monoisotopic (exact) mass is 918 g/mol. The highest BCUT2D eigenvalue weighted by molar-refractivity contribution is 6.22. The van der Waals surface area contributed by atoms with E-state index in [0.717, 1.165) is 84.9 Å². The van der Waals surface area contributed by atoms with Crippen LogP contribution in [0.1, 0.15) is 90.7 Å². The van der Waals surface area contributed by atoms with Crippen molar-refractivity contribution in [3.8, 4) is 81.1 Å². The van der Waals surface area contributed by atoms with Crippen molar-refractivity contribution in [1.29, 1.82) is 10.5 Å². The number of phenols is 12. The van der Waals surface area contributed by atoms with Gasteiger partial charge < -0.3 is 61.3 Å². The lowest BCUT2D eigenvalue weighted by molar-refractivity contribution is 0.0999. The third-order valence-electron chi connectivity index (χ3n) is 10.0. The number of carbonyl (C=O) groups is 5. The number of ketones is 5. The van der Waals surface area contributed by atoms with Gasteiger partial charge in [0.1, 0.15) is 46.6 Å². The fraction of sp³-hybridized carbons (Fsp3) is 0. The molecule has 0 radical (unpaired) electrons. The fourth-order valence-corrected chi connectivity index (χ4v) is 6.59. The van der Waals surface area contributed by atoms with E-state index in [4.69, 9.17) is 10.5 Å². The van der Waals surface area contributed by atoms with Crippen LogP contribution >= 0.6 is 0 Å². The van der Waals surface area contributed by atoms with Crippen molar-refractivity contribution in [2.45, 2.75) is 0 Å². The standard InChI is InChI=1S/C27H18O9.C22H12N2O8/c28-16-1-4-22(31)19(10-16)25(34)13-7-14(26(35)20-11-17(29)2-5-23(20)32)9-15(8-13)27(36)21-12-18(30)3-6-24(21)33;23-7-9-5-13(19(29)21(31)15(9)25)17(27)11-3-1-2-4-12(11)18(28)14-6-10(8-24)16(26)22(32)20(14)30/h1-12,28-33H;1-6,25-26,29-32H. The highest BCUT2D eigenvalue weighted by atomic mass is 16.3. The van der Waals surface area contributed by atoms with E-state index >= 15 is 0 Å². The Morgan fingerprint density at radius 1 is 0.309 bits per heavy atom. The predicted octanol–water partition coefficient (Wildman–Crippen LogP) is 5.74. The molecule has 7 rings (SSSR count). The SMILES string of the molecule is N#Cc1cc(C(=O)c2ccccc2C(=O)c2cc(C#N)c(O)c(O)c2O)c(O)c(O)c1O.O=C(c1cc(C(=O)c2cc(O)ccc2O)cc(C(=O)c2cc(O)ccc2O)c1)c1cc(O)ccc1O. The van der Waals surface area contributed by atoms with Crippen molar-refractivity contribution in [3.63, 3.8) is 0 Å². The average Bonchev–Trinajstić information content (AvgIpc) is 3.34. The fourth-order valence-electron chi connectivity index (χ4n) is 6.59. The molecule has 19 nitrogen and oxygen atoms in total. The van der Waals surface area contributed by atoms with Crippen LogP contribution in [0, 0.1) is 22.7 Å². The van der Waals surface area contributed by atoms with Crippen LogP contribution in [-0.2, 0) is 0 Å². The van der Waals surface area contributed by atoms with E-state index < -0.39 is 103 Å². The second kappa shape index (κ2) is 18.7. The van der Waals surface area contributed by atoms with Crippen molar-refractivity contribution >= 4 is 28.9 Å². The maximum atomic E-state index is 13.2. The smallest absolute Gasteiger partial charge is 0.202 e. The number of hydrogen-bond acceptors (Lipinski definition) is 19. The molecule has 0 saturated heterocycles. The average molecular weight is 919 g/mol. The minimum absolute atomic E-state index is 0.232. The van der Waals surface area contributed by atoms with Gasteiger partial charge in [0.25, 0.3) is 0 Å². The molecule has 0 unspecified atom stereocenters. The van der Waals surface area contributed by atoms with Crippen LogP contribution in [0.25, 0.3) is 0 Å². The Labute approximate surface area is 380 Å². The number of nitriles is 2. The van der Waals surface area contributed by atoms with Gasteiger partial charge in [0.05, 0.1) is 38.9 Å². The first kappa shape index (κ1) is 47.0. The van der Waals surface area contributed by atoms with Gasteiger partial charge in [0.15, 0.2) is 51.9 Å². The second-order valence-electron chi connectivity index (χ2n) is 14.4. The van der Waals surface area contributed by atoms with E-state index in [2.05, 4.69) is 0 Å². The van der Waals surface area contributed by atoms with Gasteiger partial charge in [0, 0.05) is 27.8 Å². The van der Waals surface area contributed by atoms with Gasteiger partial charge in [0.2, 0.25) is 11.5 Å². The zero-order valence-electron chi connectivity index (χ0n) is 34.2. The van der Waals surface area contributed by atoms with Gasteiger partial charge in [-0.1, -0.05) is 24.3 Å². The Kier molecular flexibility index (Phi) is 12.9. The summed E-state index contributed by atoms with van der Waals surface area (Å²) in [5.74, 6) is -13.0. The summed E-state index contributed by atoms with van der Waals surface area (Å²) in [5.41, 5.74) is -4.47. The van der Waals surface area contributed by atoms with Gasteiger partial charge >= 0.3 is 0 Å². The van der Waals surface area contributed by atoms with Gasteiger partial charge in [-0.05, 0) is 84.9 Å². The first-order valence-electron chi connectivity index (χ1n) is 19.1. The number of carbonyl (C=O) groups excluding carboxylic acids is 5. The van der Waals surface area contributed by atoms with Crippen LogP contribution in [-0.4, -0.2) is 90.2 Å². The molecule has 7 aromatic rings. The summed E-state index contributed by atoms with van der Waals surface area (Å²) in [4.78, 5) is 65.8. The van der Waals surface area contributed by atoms with E-state index in [-0.39, 0.29) is 61.8 Å². The number of nitrogens with zero attached hydrogens (tertiary/aromatic N) is 2. The number of aromatic hydroxyl groups is 12. The quantitative estimate of drug-likeness (QED) is 0.0442. The Morgan fingerprint density at radius 3 is 0.882 bits per heavy atom. The molecular formula is C49H30N2O17. The number of rotatable bonds is 10. The highest BCUT2D eigenvalue weighted by Gasteiger charge is 2.29. The molecule has 68 heavy (non-hydrogen) atoms. The van der Waals surface area contributed by atoms with Crippen molar-refractivity contribution < 1.29 is 85.3 Å². The Hall–Kier alpha value is -10.5. The molecule has 19 heteroatoms. The summed E-state index contributed by atoms with van der Waals surface area (Å²) in [6.45, 7) is 0. The molecule has 0 aliphatic carbocycles. The topological polar surface area (TPSA) is 376 Å². The third-order valence-corrected chi connectivity index (χ3v) is 10.0. The van der Waals surface area contributed by atoms with E-state index in [1.165, 1.54) is 24.3 Å². The molecule has 0 amide bonds. The van der Waals surface area contributed by atoms with E-state index in [1.54, 1.807) is 12.1 Å². The number of benzene rings is 7. The molecule has 0 bridgehead atoms. The van der Waals surface area contributed by atoms with Crippen LogP contribution in [0.4, 0.5) is 0 Å². The van der Waals surface area contributed by atoms with Crippen molar-refractivity contribution in [3.05, 3.63) is 176 Å². The molecule has 0 aliphatic rings. The number of hydrogen-bond donors (Lipinski definition) is 12. The summed E-state index contributed by atoms with van der Waals surface area (Å²) in [6.07, 6.45) is 0. The molecule has 0 fully saturated rings. The largest absolute Gasteiger partial charge is 0.508 e. The Balaban J connectivity index is 0.000000226. The van der Waals surface area contributed by atoms with Gasteiger partial charge in [-0.15, -0.1) is 0 Å². The van der Waals surface area contributed by atoms with E-state index in [9.17, 15) is 85.3 Å². The lowest BCUT2D eigenvalue weighted by atomic mass is 9.91. The molecule has 12 N–H and O–H groups in total. The molecule has 338 valence electrons. The van der Waals surface area contributed by atoms with E-state index in [1.807, 2.05) is 0 Å². The van der Waals surface area contributed by atoms with Crippen LogP contribution in [0.3, 0.4) is 0 Å². The molecule has 0 saturated carbocycles. The maximum absolute atomic E-state index is 13.2. The molecule has 0 atom stereocenters. The predicted molar refractivity (Wildman–Crippen MR) is 232 cm³/mol. The molecule has 0 spiro atoms. The third kappa shape index (κ3) is 8.97. The van der Waals surface area contributed by atoms with Crippen LogP contribution in [0.2, 0.25) is 0 Å². The zero-order valence-corrected chi connectivity index (χ0v) is 34.2. The first-order chi connectivity index (χ1) is 32.2. The summed E-state index contributed by atoms with van der Waals surface area (Å²) >= 11 is 0. The number of phenolic OH excluding ortho intramolecular Hbond substituents is 12. The molecule has 0 aliphatic heterocycles. The summed E-state index contributed by atoms with van der Waals surface area (Å²) in [5, 5.41) is 137. The van der Waals surface area contributed by atoms with Crippen molar-refractivity contribution in [2.24, 2.45) is 0 Å². The normalized spacial score (nSPS) is 10.4.